The second kappa shape index (κ2) is 7.07. The van der Waals surface area contributed by atoms with Crippen molar-refractivity contribution in [1.82, 2.24) is 20.7 Å². The first-order valence-corrected chi connectivity index (χ1v) is 9.54. The minimum absolute atomic E-state index is 0.121. The van der Waals surface area contributed by atoms with E-state index < -0.39 is 0 Å². The first-order valence-electron chi connectivity index (χ1n) is 8.66. The molecular weight excluding hydrogens is 332 g/mol. The lowest BCUT2D eigenvalue weighted by molar-refractivity contribution is 0.0664. The molecule has 0 aliphatic carbocycles. The van der Waals surface area contributed by atoms with Gasteiger partial charge in [0.05, 0.1) is 11.2 Å². The van der Waals surface area contributed by atoms with Gasteiger partial charge >= 0.3 is 0 Å². The van der Waals surface area contributed by atoms with Crippen LogP contribution in [0.25, 0.3) is 6.08 Å². The van der Waals surface area contributed by atoms with Crippen molar-refractivity contribution >= 4 is 23.3 Å². The fourth-order valence-corrected chi connectivity index (χ4v) is 4.41. The maximum Gasteiger partial charge on any atom is 0.265 e. The lowest BCUT2D eigenvalue weighted by atomic mass is 9.88. The number of nitrogens with zero attached hydrogens (tertiary/aromatic N) is 2. The molecule has 2 aromatic rings. The lowest BCUT2D eigenvalue weighted by Gasteiger charge is -2.35. The van der Waals surface area contributed by atoms with Gasteiger partial charge in [-0.15, -0.1) is 11.3 Å². The van der Waals surface area contributed by atoms with E-state index in [-0.39, 0.29) is 11.9 Å². The normalized spacial score (nSPS) is 26.1. The number of hydrogen-bond acceptors (Lipinski definition) is 5. The molecule has 2 fully saturated rings. The molecule has 1 amide bonds. The van der Waals surface area contributed by atoms with E-state index in [1.54, 1.807) is 5.51 Å². The Hall–Kier alpha value is -2.02. The number of rotatable bonds is 3. The molecule has 25 heavy (non-hydrogen) atoms. The molecule has 1 aromatic carbocycles. The highest BCUT2D eigenvalue weighted by atomic mass is 32.1. The number of amides is 1. The predicted octanol–water partition coefficient (Wildman–Crippen LogP) is 2.47. The molecular formula is C19H22N4OS. The van der Waals surface area contributed by atoms with Gasteiger partial charge in [0.1, 0.15) is 4.88 Å². The molecule has 2 N–H and O–H groups in total. The Morgan fingerprint density at radius 3 is 2.92 bits per heavy atom. The number of hydrazine groups is 1. The van der Waals surface area contributed by atoms with Crippen LogP contribution in [0.15, 0.2) is 41.9 Å². The minimum atomic E-state index is 0.121. The Bertz CT molecular complexity index is 773. The van der Waals surface area contributed by atoms with E-state index >= 15 is 0 Å². The molecule has 3 unspecified atom stereocenters. The summed E-state index contributed by atoms with van der Waals surface area (Å²) in [5.74, 6) is 0.502. The van der Waals surface area contributed by atoms with Crippen LogP contribution < -0.4 is 10.9 Å². The van der Waals surface area contributed by atoms with Gasteiger partial charge in [0, 0.05) is 31.1 Å². The van der Waals surface area contributed by atoms with Crippen LogP contribution in [0.5, 0.6) is 0 Å². The zero-order valence-corrected chi connectivity index (χ0v) is 15.0. The number of carbonyl (C=O) groups excluding carboxylic acids is 1. The maximum atomic E-state index is 12.8. The molecule has 6 heteroatoms. The van der Waals surface area contributed by atoms with Crippen LogP contribution in [0, 0.1) is 12.8 Å². The molecule has 1 aromatic heterocycles. The highest BCUT2D eigenvalue weighted by molar-refractivity contribution is 7.11. The van der Waals surface area contributed by atoms with Crippen LogP contribution in [0.1, 0.15) is 27.3 Å². The fourth-order valence-electron chi connectivity index (χ4n) is 3.64. The topological polar surface area (TPSA) is 57.3 Å². The summed E-state index contributed by atoms with van der Waals surface area (Å²) in [5, 5.41) is 0. The standard InChI is InChI=1S/C19H22N4OS/c1-13-18(25-12-20-13)19(24)23-10-9-17-15(11-23)16(21-22-17)8-7-14-5-3-2-4-6-14/h2-8,12,15-17,21-22H,9-11H2,1H3/b8-7+. The summed E-state index contributed by atoms with van der Waals surface area (Å²) in [5.41, 5.74) is 10.6. The molecule has 4 rings (SSSR count). The number of carbonyl (C=O) groups is 1. The van der Waals surface area contributed by atoms with E-state index in [9.17, 15) is 4.79 Å². The second-order valence-electron chi connectivity index (χ2n) is 6.66. The van der Waals surface area contributed by atoms with Gasteiger partial charge in [0.2, 0.25) is 0 Å². The van der Waals surface area contributed by atoms with Gasteiger partial charge in [0.25, 0.3) is 5.91 Å². The zero-order valence-electron chi connectivity index (χ0n) is 14.2. The van der Waals surface area contributed by atoms with E-state index in [2.05, 4.69) is 40.1 Å². The minimum Gasteiger partial charge on any atom is -0.337 e. The van der Waals surface area contributed by atoms with Gasteiger partial charge in [-0.05, 0) is 18.9 Å². The largest absolute Gasteiger partial charge is 0.337 e. The van der Waals surface area contributed by atoms with Crippen molar-refractivity contribution in [3.05, 3.63) is 58.1 Å². The first kappa shape index (κ1) is 16.4. The molecule has 5 nitrogen and oxygen atoms in total. The smallest absolute Gasteiger partial charge is 0.265 e. The van der Waals surface area contributed by atoms with Crippen LogP contribution in [-0.2, 0) is 0 Å². The fraction of sp³-hybridized carbons (Fsp3) is 0.368. The second-order valence-corrected chi connectivity index (χ2v) is 7.52. The number of piperidine rings is 1. The third-order valence-electron chi connectivity index (χ3n) is 5.08. The lowest BCUT2D eigenvalue weighted by Crippen LogP contribution is -2.48. The van der Waals surface area contributed by atoms with Crippen molar-refractivity contribution in [2.24, 2.45) is 5.92 Å². The van der Waals surface area contributed by atoms with Crippen LogP contribution in [0.3, 0.4) is 0 Å². The SMILES string of the molecule is Cc1ncsc1C(=O)N1CCC2NNC(/C=C/c3ccccc3)C2C1. The molecule has 2 aliphatic heterocycles. The summed E-state index contributed by atoms with van der Waals surface area (Å²) >= 11 is 1.44. The number of aryl methyl sites for hydroxylation is 1. The predicted molar refractivity (Wildman–Crippen MR) is 100 cm³/mol. The van der Waals surface area contributed by atoms with Crippen molar-refractivity contribution in [1.29, 1.82) is 0 Å². The van der Waals surface area contributed by atoms with E-state index in [0.717, 1.165) is 30.1 Å². The number of fused-ring (bicyclic) bond motifs is 1. The quantitative estimate of drug-likeness (QED) is 0.889. The van der Waals surface area contributed by atoms with Crippen LogP contribution in [-0.4, -0.2) is 41.0 Å². The van der Waals surface area contributed by atoms with Crippen LogP contribution in [0.4, 0.5) is 0 Å². The first-order chi connectivity index (χ1) is 12.2. The average Bonchev–Trinajstić information content (AvgIpc) is 3.26. The summed E-state index contributed by atoms with van der Waals surface area (Å²) in [6.45, 7) is 3.46. The number of hydrogen-bond donors (Lipinski definition) is 2. The summed E-state index contributed by atoms with van der Waals surface area (Å²) in [6.07, 6.45) is 5.33. The number of nitrogens with one attached hydrogen (secondary N) is 2. The van der Waals surface area contributed by atoms with Gasteiger partial charge < -0.3 is 4.90 Å². The summed E-state index contributed by atoms with van der Waals surface area (Å²) in [4.78, 5) is 19.8. The molecule has 3 heterocycles. The molecule has 0 saturated carbocycles. The van der Waals surface area contributed by atoms with Crippen molar-refractivity contribution in [3.63, 3.8) is 0 Å². The van der Waals surface area contributed by atoms with Crippen LogP contribution >= 0.6 is 11.3 Å². The summed E-state index contributed by atoms with van der Waals surface area (Å²) in [6, 6.07) is 10.9. The molecule has 0 spiro atoms. The van der Waals surface area contributed by atoms with Gasteiger partial charge in [-0.3, -0.25) is 15.6 Å². The van der Waals surface area contributed by atoms with Crippen molar-refractivity contribution < 1.29 is 4.79 Å². The third-order valence-corrected chi connectivity index (χ3v) is 5.99. The maximum absolute atomic E-state index is 12.8. The molecule has 2 saturated heterocycles. The number of likely N-dealkylation sites (tertiary alicyclic amines) is 1. The summed E-state index contributed by atoms with van der Waals surface area (Å²) < 4.78 is 0. The van der Waals surface area contributed by atoms with Crippen molar-refractivity contribution in [3.8, 4) is 0 Å². The highest BCUT2D eigenvalue weighted by Gasteiger charge is 2.40. The Balaban J connectivity index is 1.46. The molecule has 0 bridgehead atoms. The molecule has 3 atom stereocenters. The number of thiazole rings is 1. The van der Waals surface area contributed by atoms with E-state index in [1.807, 2.05) is 30.0 Å². The molecule has 130 valence electrons. The molecule has 2 aliphatic rings. The van der Waals surface area contributed by atoms with Gasteiger partial charge in [-0.2, -0.15) is 0 Å². The van der Waals surface area contributed by atoms with Gasteiger partial charge in [-0.25, -0.2) is 4.98 Å². The third kappa shape index (κ3) is 3.38. The van der Waals surface area contributed by atoms with Crippen molar-refractivity contribution in [2.75, 3.05) is 13.1 Å². The average molecular weight is 354 g/mol. The van der Waals surface area contributed by atoms with E-state index in [0.29, 0.717) is 12.0 Å². The Labute approximate surface area is 151 Å². The van der Waals surface area contributed by atoms with Gasteiger partial charge in [-0.1, -0.05) is 42.5 Å². The van der Waals surface area contributed by atoms with Crippen molar-refractivity contribution in [2.45, 2.75) is 25.4 Å². The monoisotopic (exact) mass is 354 g/mol. The molecule has 0 radical (unpaired) electrons. The zero-order chi connectivity index (χ0) is 17.2. The number of benzene rings is 1. The van der Waals surface area contributed by atoms with E-state index in [4.69, 9.17) is 0 Å². The highest BCUT2D eigenvalue weighted by Crippen LogP contribution is 2.27. The van der Waals surface area contributed by atoms with Crippen LogP contribution in [0.2, 0.25) is 0 Å². The van der Waals surface area contributed by atoms with Gasteiger partial charge in [0.15, 0.2) is 0 Å². The van der Waals surface area contributed by atoms with E-state index in [1.165, 1.54) is 16.9 Å². The summed E-state index contributed by atoms with van der Waals surface area (Å²) in [7, 11) is 0. The number of aromatic nitrogens is 1. The Kier molecular flexibility index (Phi) is 4.65. The Morgan fingerprint density at radius 1 is 1.32 bits per heavy atom. The Morgan fingerprint density at radius 2 is 2.16 bits per heavy atom.